The Morgan fingerprint density at radius 1 is 0.727 bits per heavy atom. The van der Waals surface area contributed by atoms with Gasteiger partial charge in [-0.3, -0.25) is 4.46 Å². The molecular formula is C16H16Cl2O3Si. The zero-order valence-corrected chi connectivity index (χ0v) is 15.3. The lowest BCUT2D eigenvalue weighted by atomic mass is 10.1. The molecule has 0 aliphatic heterocycles. The summed E-state index contributed by atoms with van der Waals surface area (Å²) in [6, 6.07) is 6.81. The molecule has 2 aromatic carbocycles. The van der Waals surface area contributed by atoms with Crippen molar-refractivity contribution in [2.24, 2.45) is 0 Å². The van der Waals surface area contributed by atoms with Crippen LogP contribution in [0, 0.1) is 27.7 Å². The normalized spacial score (nSPS) is 10.5. The zero-order chi connectivity index (χ0) is 16.4. The number of benzene rings is 2. The van der Waals surface area contributed by atoms with Crippen LogP contribution in [0.1, 0.15) is 22.3 Å². The number of halogens is 2. The molecule has 0 radical (unpaired) electrons. The van der Waals surface area contributed by atoms with Gasteiger partial charge in [0.15, 0.2) is 0 Å². The molecule has 0 saturated heterocycles. The first-order valence-corrected chi connectivity index (χ1v) is 8.70. The molecule has 0 spiro atoms. The highest BCUT2D eigenvalue weighted by atomic mass is 35.5. The predicted octanol–water partition coefficient (Wildman–Crippen LogP) is 5.10. The van der Waals surface area contributed by atoms with E-state index in [1.54, 1.807) is 24.3 Å². The quantitative estimate of drug-likeness (QED) is 0.716. The lowest BCUT2D eigenvalue weighted by Gasteiger charge is -2.13. The Morgan fingerprint density at radius 3 is 1.45 bits per heavy atom. The Balaban J connectivity index is 2.18. The molecule has 0 aromatic heterocycles. The van der Waals surface area contributed by atoms with Crippen LogP contribution in [0.25, 0.3) is 0 Å². The molecule has 22 heavy (non-hydrogen) atoms. The largest absolute Gasteiger partial charge is 0.778 e. The maximum Gasteiger partial charge on any atom is 0.778 e. The van der Waals surface area contributed by atoms with Crippen molar-refractivity contribution in [3.8, 4) is 11.5 Å². The fourth-order valence-electron chi connectivity index (χ4n) is 1.95. The predicted molar refractivity (Wildman–Crippen MR) is 89.5 cm³/mol. The fourth-order valence-corrected chi connectivity index (χ4v) is 3.20. The Bertz CT molecular complexity index is 683. The third kappa shape index (κ3) is 3.51. The number of hydrogen-bond acceptors (Lipinski definition) is 3. The van der Waals surface area contributed by atoms with Crippen molar-refractivity contribution in [3.63, 3.8) is 0 Å². The smallest absolute Gasteiger partial charge is 0.459 e. The Morgan fingerprint density at radius 2 is 1.09 bits per heavy atom. The highest BCUT2D eigenvalue weighted by Gasteiger charge is 2.19. The Kier molecular flexibility index (Phi) is 5.27. The molecule has 0 saturated carbocycles. The Labute approximate surface area is 141 Å². The van der Waals surface area contributed by atoms with E-state index in [9.17, 15) is 4.46 Å². The Hall–Kier alpha value is -1.36. The summed E-state index contributed by atoms with van der Waals surface area (Å²) in [5, 5.41) is 1.30. The third-order valence-corrected chi connectivity index (χ3v) is 5.32. The molecule has 0 fully saturated rings. The van der Waals surface area contributed by atoms with Gasteiger partial charge in [-0.25, -0.2) is 0 Å². The van der Waals surface area contributed by atoms with Gasteiger partial charge >= 0.3 is 9.17 Å². The highest BCUT2D eigenvalue weighted by Crippen LogP contribution is 2.29. The lowest BCUT2D eigenvalue weighted by Crippen LogP contribution is -2.20. The van der Waals surface area contributed by atoms with Crippen molar-refractivity contribution in [2.45, 2.75) is 27.7 Å². The van der Waals surface area contributed by atoms with E-state index in [-0.39, 0.29) is 0 Å². The summed E-state index contributed by atoms with van der Waals surface area (Å²) >= 11 is 12.1. The van der Waals surface area contributed by atoms with Gasteiger partial charge in [-0.05, 0) is 74.2 Å². The van der Waals surface area contributed by atoms with Crippen LogP contribution in [-0.2, 0) is 4.46 Å². The molecule has 0 N–H and O–H groups in total. The van der Waals surface area contributed by atoms with Crippen molar-refractivity contribution in [3.05, 3.63) is 56.6 Å². The van der Waals surface area contributed by atoms with E-state index in [0.29, 0.717) is 21.5 Å². The van der Waals surface area contributed by atoms with Crippen LogP contribution in [0.5, 0.6) is 11.5 Å². The summed E-state index contributed by atoms with van der Waals surface area (Å²) in [4.78, 5) is 0. The minimum absolute atomic E-state index is 0.508. The van der Waals surface area contributed by atoms with Gasteiger partial charge in [0.05, 0.1) is 0 Å². The van der Waals surface area contributed by atoms with Gasteiger partial charge < -0.3 is 8.85 Å². The maximum atomic E-state index is 12.2. The SMILES string of the molecule is Cc1c(Cl)ccc(O[Si](=O)Oc2ccc(Cl)c(C)c2C)c1C. The van der Waals surface area contributed by atoms with Gasteiger partial charge in [0.25, 0.3) is 0 Å². The number of rotatable bonds is 4. The molecule has 0 aliphatic carbocycles. The summed E-state index contributed by atoms with van der Waals surface area (Å²) < 4.78 is 23.0. The van der Waals surface area contributed by atoms with Crippen LogP contribution in [0.4, 0.5) is 0 Å². The van der Waals surface area contributed by atoms with Gasteiger partial charge in [-0.1, -0.05) is 23.2 Å². The second-order valence-electron chi connectivity index (χ2n) is 5.05. The van der Waals surface area contributed by atoms with E-state index in [4.69, 9.17) is 32.1 Å². The summed E-state index contributed by atoms with van der Waals surface area (Å²) in [5.41, 5.74) is 3.48. The molecule has 2 aromatic rings. The topological polar surface area (TPSA) is 35.5 Å². The standard InChI is InChI=1S/C16H16Cl2O3Si/c1-9-11(3)15(7-5-13(9)17)20-22(19)21-16-8-6-14(18)10(2)12(16)4/h5-8H,1-4H3. The first-order chi connectivity index (χ1) is 10.3. The molecule has 6 heteroatoms. The average Bonchev–Trinajstić information content (AvgIpc) is 2.48. The summed E-state index contributed by atoms with van der Waals surface area (Å²) in [6.45, 7) is 7.50. The van der Waals surface area contributed by atoms with E-state index >= 15 is 0 Å². The van der Waals surface area contributed by atoms with Crippen LogP contribution in [0.2, 0.25) is 10.0 Å². The zero-order valence-electron chi connectivity index (χ0n) is 12.8. The number of hydrogen-bond donors (Lipinski definition) is 0. The molecular weight excluding hydrogens is 339 g/mol. The first-order valence-electron chi connectivity index (χ1n) is 6.72. The van der Waals surface area contributed by atoms with E-state index < -0.39 is 9.17 Å². The van der Waals surface area contributed by atoms with Crippen LogP contribution in [-0.4, -0.2) is 9.17 Å². The van der Waals surface area contributed by atoms with E-state index in [1.165, 1.54) is 0 Å². The van der Waals surface area contributed by atoms with Crippen molar-refractivity contribution >= 4 is 32.4 Å². The molecule has 0 bridgehead atoms. The summed E-state index contributed by atoms with van der Waals surface area (Å²) in [6.07, 6.45) is 0. The summed E-state index contributed by atoms with van der Waals surface area (Å²) in [7, 11) is -2.73. The van der Waals surface area contributed by atoms with Crippen LogP contribution in [0.15, 0.2) is 24.3 Å². The molecule has 116 valence electrons. The molecule has 0 aliphatic rings. The van der Waals surface area contributed by atoms with E-state index in [1.807, 2.05) is 27.7 Å². The van der Waals surface area contributed by atoms with Gasteiger partial charge in [-0.15, -0.1) is 0 Å². The van der Waals surface area contributed by atoms with Crippen molar-refractivity contribution < 1.29 is 13.3 Å². The van der Waals surface area contributed by atoms with Crippen molar-refractivity contribution in [1.82, 2.24) is 0 Å². The van der Waals surface area contributed by atoms with Crippen molar-refractivity contribution in [1.29, 1.82) is 0 Å². The van der Waals surface area contributed by atoms with Gasteiger partial charge in [0, 0.05) is 10.0 Å². The van der Waals surface area contributed by atoms with E-state index in [0.717, 1.165) is 22.3 Å². The maximum absolute atomic E-state index is 12.2. The fraction of sp³-hybridized carbons (Fsp3) is 0.250. The van der Waals surface area contributed by atoms with Crippen molar-refractivity contribution in [2.75, 3.05) is 0 Å². The monoisotopic (exact) mass is 354 g/mol. The third-order valence-electron chi connectivity index (χ3n) is 3.73. The lowest BCUT2D eigenvalue weighted by molar-refractivity contribution is 0.344. The molecule has 0 amide bonds. The van der Waals surface area contributed by atoms with Crippen LogP contribution >= 0.6 is 23.2 Å². The van der Waals surface area contributed by atoms with Gasteiger partial charge in [-0.2, -0.15) is 0 Å². The van der Waals surface area contributed by atoms with Crippen LogP contribution < -0.4 is 8.85 Å². The second-order valence-corrected chi connectivity index (χ2v) is 6.77. The van der Waals surface area contributed by atoms with Gasteiger partial charge in [0.2, 0.25) is 0 Å². The first kappa shape index (κ1) is 17.0. The molecule has 2 rings (SSSR count). The highest BCUT2D eigenvalue weighted by molar-refractivity contribution is 6.32. The second kappa shape index (κ2) is 6.81. The molecule has 3 nitrogen and oxygen atoms in total. The van der Waals surface area contributed by atoms with Gasteiger partial charge in [0.1, 0.15) is 11.5 Å². The molecule has 0 unspecified atom stereocenters. The molecule has 0 atom stereocenters. The summed E-state index contributed by atoms with van der Waals surface area (Å²) in [5.74, 6) is 1.02. The van der Waals surface area contributed by atoms with Crippen LogP contribution in [0.3, 0.4) is 0 Å². The minimum atomic E-state index is -2.73. The minimum Gasteiger partial charge on any atom is -0.459 e. The van der Waals surface area contributed by atoms with E-state index in [2.05, 4.69) is 0 Å². The average molecular weight is 355 g/mol. The molecule has 0 heterocycles.